The highest BCUT2D eigenvalue weighted by molar-refractivity contribution is 5.97. The highest BCUT2D eigenvalue weighted by Crippen LogP contribution is 2.34. The molecule has 5 rings (SSSR count). The number of alkyl halides is 1. The number of hydrogen-bond acceptors (Lipinski definition) is 6. The van der Waals surface area contributed by atoms with Crippen LogP contribution >= 0.6 is 0 Å². The molecule has 1 aromatic carbocycles. The average molecular weight is 536 g/mol. The third kappa shape index (κ3) is 6.06. The lowest BCUT2D eigenvalue weighted by atomic mass is 9.94. The van der Waals surface area contributed by atoms with Gasteiger partial charge in [-0.2, -0.15) is 5.10 Å². The molecule has 0 bridgehead atoms. The van der Waals surface area contributed by atoms with Crippen LogP contribution in [0.2, 0.25) is 0 Å². The molecule has 2 aromatic heterocycles. The van der Waals surface area contributed by atoms with Crippen molar-refractivity contribution in [2.24, 2.45) is 5.92 Å². The van der Waals surface area contributed by atoms with Gasteiger partial charge in [0.1, 0.15) is 6.17 Å². The van der Waals surface area contributed by atoms with Crippen molar-refractivity contribution < 1.29 is 14.0 Å². The van der Waals surface area contributed by atoms with Crippen LogP contribution in [0.15, 0.2) is 42.6 Å². The van der Waals surface area contributed by atoms with Gasteiger partial charge in [-0.05, 0) is 62.4 Å². The summed E-state index contributed by atoms with van der Waals surface area (Å²) in [4.78, 5) is 29.7. The number of aromatic nitrogens is 3. The van der Waals surface area contributed by atoms with Crippen molar-refractivity contribution in [1.82, 2.24) is 25.0 Å². The molecule has 2 fully saturated rings. The van der Waals surface area contributed by atoms with Gasteiger partial charge in [-0.15, -0.1) is 5.10 Å². The number of carbonyl (C=O) groups is 2. The first-order valence-electron chi connectivity index (χ1n) is 13.9. The predicted octanol–water partition coefficient (Wildman–Crippen LogP) is 3.34. The van der Waals surface area contributed by atoms with Gasteiger partial charge in [0.15, 0.2) is 5.82 Å². The first kappa shape index (κ1) is 27.1. The highest BCUT2D eigenvalue weighted by atomic mass is 19.1. The largest absolute Gasteiger partial charge is 0.359 e. The Morgan fingerprint density at radius 2 is 1.95 bits per heavy atom. The average Bonchev–Trinajstić information content (AvgIpc) is 3.39. The Bertz CT molecular complexity index is 1270. The molecule has 2 unspecified atom stereocenters. The number of amides is 2. The summed E-state index contributed by atoms with van der Waals surface area (Å²) in [6, 6.07) is 11.5. The lowest BCUT2D eigenvalue weighted by molar-refractivity contribution is -0.120. The fraction of sp³-hybridized carbons (Fsp3) is 0.517. The van der Waals surface area contributed by atoms with Crippen molar-refractivity contribution >= 4 is 34.7 Å². The summed E-state index contributed by atoms with van der Waals surface area (Å²) in [7, 11) is 1.58. The van der Waals surface area contributed by atoms with Crippen molar-refractivity contribution in [2.75, 3.05) is 56.1 Å². The molecule has 0 aliphatic carbocycles. The van der Waals surface area contributed by atoms with Gasteiger partial charge in [0, 0.05) is 64.3 Å². The monoisotopic (exact) mass is 535 g/mol. The molecule has 39 heavy (non-hydrogen) atoms. The van der Waals surface area contributed by atoms with Crippen LogP contribution in [0, 0.1) is 12.8 Å². The molecule has 10 heteroatoms. The van der Waals surface area contributed by atoms with E-state index < -0.39 is 6.17 Å². The molecule has 0 saturated carbocycles. The maximum atomic E-state index is 15.6. The maximum absolute atomic E-state index is 15.6. The highest BCUT2D eigenvalue weighted by Gasteiger charge is 2.33. The third-order valence-electron chi connectivity index (χ3n) is 8.22. The summed E-state index contributed by atoms with van der Waals surface area (Å²) >= 11 is 0. The Morgan fingerprint density at radius 1 is 1.13 bits per heavy atom. The minimum absolute atomic E-state index is 0.121. The number of nitrogens with zero attached hydrogens (tertiary/aromatic N) is 6. The fourth-order valence-electron chi connectivity index (χ4n) is 5.99. The molecule has 208 valence electrons. The summed E-state index contributed by atoms with van der Waals surface area (Å²) in [5, 5.41) is 12.0. The molecular weight excluding hydrogens is 497 g/mol. The maximum Gasteiger partial charge on any atom is 0.221 e. The number of aryl methyl sites for hydroxylation is 1. The molecule has 0 spiro atoms. The number of anilines is 2. The number of nitrogens with one attached hydrogen (secondary N) is 1. The lowest BCUT2D eigenvalue weighted by Gasteiger charge is -2.39. The van der Waals surface area contributed by atoms with Crippen LogP contribution in [0.25, 0.3) is 10.9 Å². The second-order valence-electron chi connectivity index (χ2n) is 10.7. The molecule has 0 radical (unpaired) electrons. The van der Waals surface area contributed by atoms with Crippen LogP contribution in [0.5, 0.6) is 0 Å². The van der Waals surface area contributed by atoms with Gasteiger partial charge in [0.05, 0.1) is 22.9 Å². The fourth-order valence-corrected chi connectivity index (χ4v) is 5.99. The minimum Gasteiger partial charge on any atom is -0.359 e. The number of carbonyl (C=O) groups excluding carboxylic acids is 2. The van der Waals surface area contributed by atoms with Gasteiger partial charge < -0.3 is 24.6 Å². The summed E-state index contributed by atoms with van der Waals surface area (Å²) < 4.78 is 17.7. The summed E-state index contributed by atoms with van der Waals surface area (Å²) in [5.41, 5.74) is 2.57. The van der Waals surface area contributed by atoms with Crippen molar-refractivity contribution in [1.29, 1.82) is 0 Å². The second-order valence-corrected chi connectivity index (χ2v) is 10.7. The van der Waals surface area contributed by atoms with Gasteiger partial charge >= 0.3 is 0 Å². The quantitative estimate of drug-likeness (QED) is 0.423. The van der Waals surface area contributed by atoms with Crippen molar-refractivity contribution in [3.63, 3.8) is 0 Å². The molecule has 9 nitrogen and oxygen atoms in total. The molecule has 2 aliphatic rings. The van der Waals surface area contributed by atoms with E-state index >= 15 is 4.39 Å². The standard InChI is InChI=1S/C29H38FN7O2/c1-21-6-7-28(33-32-21)35-14-8-22(9-15-35)18-34-13-11-27(24(30)19-34)37-17-10-23-25(4-3-5-26(23)37)36(20-38)16-12-29(39)31-2/h3-7,10,17,20,22,24,27H,8-9,11-16,18-19H2,1-2H3,(H,31,39). The first-order chi connectivity index (χ1) is 19.0. The zero-order chi connectivity index (χ0) is 27.4. The van der Waals surface area contributed by atoms with Crippen LogP contribution < -0.4 is 15.1 Å². The summed E-state index contributed by atoms with van der Waals surface area (Å²) in [6.45, 7) is 6.36. The molecule has 3 aromatic rings. The number of hydrogen-bond donors (Lipinski definition) is 1. The van der Waals surface area contributed by atoms with Crippen molar-refractivity contribution in [2.45, 2.75) is 44.8 Å². The topological polar surface area (TPSA) is 86.6 Å². The number of fused-ring (bicyclic) bond motifs is 1. The van der Waals surface area contributed by atoms with Gasteiger partial charge in [0.2, 0.25) is 12.3 Å². The van der Waals surface area contributed by atoms with Gasteiger partial charge in [-0.25, -0.2) is 4.39 Å². The first-order valence-corrected chi connectivity index (χ1v) is 13.9. The smallest absolute Gasteiger partial charge is 0.221 e. The zero-order valence-electron chi connectivity index (χ0n) is 22.8. The normalized spacial score (nSPS) is 20.7. The van der Waals surface area contributed by atoms with Crippen LogP contribution in [-0.4, -0.2) is 84.5 Å². The molecular formula is C29H38FN7O2. The summed E-state index contributed by atoms with van der Waals surface area (Å²) in [5.74, 6) is 1.38. The third-order valence-corrected chi connectivity index (χ3v) is 8.22. The molecule has 2 saturated heterocycles. The lowest BCUT2D eigenvalue weighted by Crippen LogP contribution is -2.46. The van der Waals surface area contributed by atoms with E-state index in [9.17, 15) is 9.59 Å². The number of piperidine rings is 2. The Balaban J connectivity index is 1.19. The molecule has 2 atom stereocenters. The second kappa shape index (κ2) is 12.1. The number of rotatable bonds is 9. The van der Waals surface area contributed by atoms with Crippen molar-refractivity contribution in [3.8, 4) is 0 Å². The van der Waals surface area contributed by atoms with E-state index in [1.165, 1.54) is 0 Å². The Kier molecular flexibility index (Phi) is 8.40. The van der Waals surface area contributed by atoms with E-state index in [1.54, 1.807) is 11.9 Å². The molecule has 2 aliphatic heterocycles. The van der Waals surface area contributed by atoms with Crippen LogP contribution in [0.1, 0.15) is 37.4 Å². The molecule has 4 heterocycles. The number of halogens is 1. The van der Waals surface area contributed by atoms with Crippen LogP contribution in [0.4, 0.5) is 15.9 Å². The van der Waals surface area contributed by atoms with Gasteiger partial charge in [-0.3, -0.25) is 9.59 Å². The van der Waals surface area contributed by atoms with E-state index in [2.05, 4.69) is 25.3 Å². The van der Waals surface area contributed by atoms with E-state index in [0.29, 0.717) is 12.5 Å². The molecule has 1 N–H and O–H groups in total. The Labute approximate surface area is 229 Å². The Hall–Kier alpha value is -3.53. The number of benzene rings is 1. The molecule has 2 amide bonds. The SMILES string of the molecule is CNC(=O)CCN(C=O)c1cccc2c1ccn2C1CCN(CC2CCN(c3ccc(C)nn3)CC2)CC1F. The minimum atomic E-state index is -0.976. The van der Waals surface area contributed by atoms with Gasteiger partial charge in [-0.1, -0.05) is 6.07 Å². The van der Waals surface area contributed by atoms with Crippen molar-refractivity contribution in [3.05, 3.63) is 48.3 Å². The predicted molar refractivity (Wildman–Crippen MR) is 151 cm³/mol. The van der Waals surface area contributed by atoms with Gasteiger partial charge in [0.25, 0.3) is 0 Å². The van der Waals surface area contributed by atoms with E-state index in [4.69, 9.17) is 0 Å². The Morgan fingerprint density at radius 3 is 2.64 bits per heavy atom. The summed E-state index contributed by atoms with van der Waals surface area (Å²) in [6.07, 6.45) is 4.82. The number of likely N-dealkylation sites (tertiary alicyclic amines) is 1. The van der Waals surface area contributed by atoms with E-state index in [-0.39, 0.29) is 24.9 Å². The van der Waals surface area contributed by atoms with E-state index in [1.807, 2.05) is 54.1 Å². The zero-order valence-corrected chi connectivity index (χ0v) is 22.8. The van der Waals surface area contributed by atoms with E-state index in [0.717, 1.165) is 80.0 Å². The van der Waals surface area contributed by atoms with Crippen LogP contribution in [-0.2, 0) is 9.59 Å². The van der Waals surface area contributed by atoms with Crippen LogP contribution in [0.3, 0.4) is 0 Å².